The van der Waals surface area contributed by atoms with Crippen molar-refractivity contribution in [1.29, 1.82) is 0 Å². The van der Waals surface area contributed by atoms with Crippen molar-refractivity contribution in [1.82, 2.24) is 0 Å². The van der Waals surface area contributed by atoms with E-state index in [2.05, 4.69) is 0 Å². The second-order valence-electron chi connectivity index (χ2n) is 3.93. The lowest BCUT2D eigenvalue weighted by Gasteiger charge is -2.17. The highest BCUT2D eigenvalue weighted by atomic mass is 16.5. The smallest absolute Gasteiger partial charge is 0.303 e. The molecule has 0 aliphatic rings. The van der Waals surface area contributed by atoms with Crippen molar-refractivity contribution in [3.05, 3.63) is 29.3 Å². The first-order valence-electron chi connectivity index (χ1n) is 5.73. The van der Waals surface area contributed by atoms with Gasteiger partial charge in [0, 0.05) is 18.0 Å². The zero-order chi connectivity index (χ0) is 12.8. The first kappa shape index (κ1) is 13.5. The predicted molar refractivity (Wildman–Crippen MR) is 66.2 cm³/mol. The van der Waals surface area contributed by atoms with E-state index in [4.69, 9.17) is 15.6 Å². The summed E-state index contributed by atoms with van der Waals surface area (Å²) >= 11 is 0. The maximum Gasteiger partial charge on any atom is 0.303 e. The van der Waals surface area contributed by atoms with Crippen molar-refractivity contribution in [3.63, 3.8) is 0 Å². The van der Waals surface area contributed by atoms with Gasteiger partial charge in [0.25, 0.3) is 0 Å². The number of aliphatic carboxylic acids is 1. The Balaban J connectivity index is 2.92. The largest absolute Gasteiger partial charge is 0.496 e. The number of hydrogen-bond acceptors (Lipinski definition) is 3. The first-order chi connectivity index (χ1) is 8.10. The van der Waals surface area contributed by atoms with Gasteiger partial charge in [-0.05, 0) is 18.4 Å². The number of benzene rings is 1. The number of nitrogens with two attached hydrogens (primary N) is 1. The standard InChI is InChI=1S/C13H19NO3/c1-3-9-5-4-6-10(13(9)17-2)11(14)7-8-12(15)16/h4-6,11H,3,7-8,14H2,1-2H3,(H,15,16). The number of rotatable bonds is 6. The van der Waals surface area contributed by atoms with E-state index in [0.717, 1.165) is 23.3 Å². The van der Waals surface area contributed by atoms with E-state index < -0.39 is 5.97 Å². The highest BCUT2D eigenvalue weighted by molar-refractivity contribution is 5.66. The zero-order valence-corrected chi connectivity index (χ0v) is 10.3. The number of carboxylic acid groups (broad SMARTS) is 1. The SMILES string of the molecule is CCc1cccc(C(N)CCC(=O)O)c1OC. The number of hydrogen-bond donors (Lipinski definition) is 2. The fourth-order valence-electron chi connectivity index (χ4n) is 1.86. The average Bonchev–Trinajstić information content (AvgIpc) is 2.34. The summed E-state index contributed by atoms with van der Waals surface area (Å²) in [5.74, 6) is -0.0426. The van der Waals surface area contributed by atoms with Gasteiger partial charge in [0.2, 0.25) is 0 Å². The average molecular weight is 237 g/mol. The molecule has 0 spiro atoms. The van der Waals surface area contributed by atoms with E-state index in [1.165, 1.54) is 0 Å². The Morgan fingerprint density at radius 2 is 2.24 bits per heavy atom. The lowest BCUT2D eigenvalue weighted by molar-refractivity contribution is -0.137. The van der Waals surface area contributed by atoms with E-state index in [9.17, 15) is 4.79 Å². The van der Waals surface area contributed by atoms with Crippen LogP contribution in [0.3, 0.4) is 0 Å². The lowest BCUT2D eigenvalue weighted by atomic mass is 9.98. The highest BCUT2D eigenvalue weighted by Gasteiger charge is 2.15. The minimum atomic E-state index is -0.828. The van der Waals surface area contributed by atoms with E-state index in [1.807, 2.05) is 25.1 Å². The van der Waals surface area contributed by atoms with Crippen LogP contribution in [-0.4, -0.2) is 18.2 Å². The predicted octanol–water partition coefficient (Wildman–Crippen LogP) is 2.12. The molecule has 0 amide bonds. The minimum Gasteiger partial charge on any atom is -0.496 e. The third kappa shape index (κ3) is 3.46. The van der Waals surface area contributed by atoms with Gasteiger partial charge in [-0.1, -0.05) is 25.1 Å². The van der Waals surface area contributed by atoms with Gasteiger partial charge in [-0.3, -0.25) is 4.79 Å². The Morgan fingerprint density at radius 1 is 1.53 bits per heavy atom. The molecule has 1 aromatic carbocycles. The second kappa shape index (κ2) is 6.25. The van der Waals surface area contributed by atoms with Crippen molar-refractivity contribution >= 4 is 5.97 Å². The van der Waals surface area contributed by atoms with Crippen LogP contribution in [0.2, 0.25) is 0 Å². The number of para-hydroxylation sites is 1. The molecular formula is C13H19NO3. The Labute approximate surface area is 101 Å². The van der Waals surface area contributed by atoms with E-state index in [1.54, 1.807) is 7.11 Å². The number of carboxylic acids is 1. The van der Waals surface area contributed by atoms with Crippen molar-refractivity contribution in [2.24, 2.45) is 5.73 Å². The van der Waals surface area contributed by atoms with Gasteiger partial charge < -0.3 is 15.6 Å². The van der Waals surface area contributed by atoms with E-state index >= 15 is 0 Å². The van der Waals surface area contributed by atoms with Crippen molar-refractivity contribution in [2.75, 3.05) is 7.11 Å². The molecule has 0 aliphatic carbocycles. The summed E-state index contributed by atoms with van der Waals surface area (Å²) in [6.07, 6.45) is 1.35. The summed E-state index contributed by atoms with van der Waals surface area (Å²) in [5, 5.41) is 8.65. The Bertz CT molecular complexity index is 390. The van der Waals surface area contributed by atoms with Crippen LogP contribution in [0.1, 0.15) is 36.9 Å². The van der Waals surface area contributed by atoms with Crippen LogP contribution in [-0.2, 0) is 11.2 Å². The molecule has 3 N–H and O–H groups in total. The molecule has 17 heavy (non-hydrogen) atoms. The number of methoxy groups -OCH3 is 1. The summed E-state index contributed by atoms with van der Waals surface area (Å²) in [4.78, 5) is 10.5. The Kier molecular flexibility index (Phi) is 4.97. The van der Waals surface area contributed by atoms with Gasteiger partial charge in [-0.2, -0.15) is 0 Å². The molecule has 1 aromatic rings. The van der Waals surface area contributed by atoms with Gasteiger partial charge in [0.1, 0.15) is 5.75 Å². The van der Waals surface area contributed by atoms with Gasteiger partial charge in [-0.25, -0.2) is 0 Å². The van der Waals surface area contributed by atoms with Crippen LogP contribution in [0.25, 0.3) is 0 Å². The van der Waals surface area contributed by atoms with Gasteiger partial charge in [0.05, 0.1) is 7.11 Å². The van der Waals surface area contributed by atoms with E-state index in [-0.39, 0.29) is 12.5 Å². The molecule has 0 aliphatic heterocycles. The summed E-state index contributed by atoms with van der Waals surface area (Å²) in [5.41, 5.74) is 7.98. The van der Waals surface area contributed by atoms with Crippen LogP contribution in [0.15, 0.2) is 18.2 Å². The van der Waals surface area contributed by atoms with Crippen molar-refractivity contribution in [3.8, 4) is 5.75 Å². The van der Waals surface area contributed by atoms with Gasteiger partial charge >= 0.3 is 5.97 Å². The quantitative estimate of drug-likeness (QED) is 0.795. The van der Waals surface area contributed by atoms with E-state index in [0.29, 0.717) is 6.42 Å². The number of carbonyl (C=O) groups is 1. The summed E-state index contributed by atoms with van der Waals surface area (Å²) in [6, 6.07) is 5.52. The fourth-order valence-corrected chi connectivity index (χ4v) is 1.86. The molecule has 1 atom stereocenters. The summed E-state index contributed by atoms with van der Waals surface area (Å²) in [6.45, 7) is 2.05. The minimum absolute atomic E-state index is 0.0701. The normalized spacial score (nSPS) is 12.2. The van der Waals surface area contributed by atoms with Gasteiger partial charge in [0.15, 0.2) is 0 Å². The zero-order valence-electron chi connectivity index (χ0n) is 10.3. The molecule has 0 radical (unpaired) electrons. The monoisotopic (exact) mass is 237 g/mol. The molecule has 0 saturated heterocycles. The topological polar surface area (TPSA) is 72.6 Å². The molecule has 4 nitrogen and oxygen atoms in total. The Hall–Kier alpha value is -1.55. The van der Waals surface area contributed by atoms with Crippen LogP contribution >= 0.6 is 0 Å². The van der Waals surface area contributed by atoms with Crippen LogP contribution in [0.5, 0.6) is 5.75 Å². The summed E-state index contributed by atoms with van der Waals surface area (Å²) < 4.78 is 5.37. The van der Waals surface area contributed by atoms with Crippen molar-refractivity contribution in [2.45, 2.75) is 32.2 Å². The third-order valence-electron chi connectivity index (χ3n) is 2.78. The maximum atomic E-state index is 10.5. The van der Waals surface area contributed by atoms with Crippen LogP contribution in [0.4, 0.5) is 0 Å². The molecule has 94 valence electrons. The number of aryl methyl sites for hydroxylation is 1. The van der Waals surface area contributed by atoms with Crippen LogP contribution in [0, 0.1) is 0 Å². The molecular weight excluding hydrogens is 218 g/mol. The summed E-state index contributed by atoms with van der Waals surface area (Å²) in [7, 11) is 1.61. The molecule has 1 unspecified atom stereocenters. The molecule has 4 heteroatoms. The molecule has 0 saturated carbocycles. The third-order valence-corrected chi connectivity index (χ3v) is 2.78. The molecule has 0 fully saturated rings. The Morgan fingerprint density at radius 3 is 2.76 bits per heavy atom. The number of ether oxygens (including phenoxy) is 1. The molecule has 1 rings (SSSR count). The lowest BCUT2D eigenvalue weighted by Crippen LogP contribution is -2.14. The maximum absolute atomic E-state index is 10.5. The molecule has 0 aromatic heterocycles. The first-order valence-corrected chi connectivity index (χ1v) is 5.73. The molecule has 0 heterocycles. The fraction of sp³-hybridized carbons (Fsp3) is 0.462. The van der Waals surface area contributed by atoms with Crippen LogP contribution < -0.4 is 10.5 Å². The van der Waals surface area contributed by atoms with Gasteiger partial charge in [-0.15, -0.1) is 0 Å². The second-order valence-corrected chi connectivity index (χ2v) is 3.93. The van der Waals surface area contributed by atoms with Crippen molar-refractivity contribution < 1.29 is 14.6 Å². The highest BCUT2D eigenvalue weighted by Crippen LogP contribution is 2.30. The molecule has 0 bridgehead atoms.